The van der Waals surface area contributed by atoms with Gasteiger partial charge in [-0.05, 0) is 37.6 Å². The predicted octanol–water partition coefficient (Wildman–Crippen LogP) is 3.27. The van der Waals surface area contributed by atoms with Crippen LogP contribution in [0.2, 0.25) is 0 Å². The molecule has 9 nitrogen and oxygen atoms in total. The molecule has 0 unspecified atom stereocenters. The number of para-hydroxylation sites is 1. The van der Waals surface area contributed by atoms with Crippen molar-refractivity contribution >= 4 is 5.91 Å². The van der Waals surface area contributed by atoms with Gasteiger partial charge in [0.15, 0.2) is 11.5 Å². The van der Waals surface area contributed by atoms with E-state index in [1.807, 2.05) is 37.3 Å². The van der Waals surface area contributed by atoms with Crippen molar-refractivity contribution in [3.8, 4) is 17.3 Å². The minimum atomic E-state index is -0.232. The van der Waals surface area contributed by atoms with Gasteiger partial charge in [-0.3, -0.25) is 4.79 Å². The van der Waals surface area contributed by atoms with E-state index >= 15 is 0 Å². The number of amides is 1. The molecule has 0 aliphatic carbocycles. The summed E-state index contributed by atoms with van der Waals surface area (Å²) in [6, 6.07) is 12.9. The van der Waals surface area contributed by atoms with Crippen molar-refractivity contribution in [3.63, 3.8) is 0 Å². The van der Waals surface area contributed by atoms with Gasteiger partial charge < -0.3 is 13.7 Å². The summed E-state index contributed by atoms with van der Waals surface area (Å²) in [5.41, 5.74) is 1.64. The lowest BCUT2D eigenvalue weighted by atomic mass is 10.3. The number of hydrogen-bond donors (Lipinski definition) is 0. The Morgan fingerprint density at radius 1 is 1.10 bits per heavy atom. The van der Waals surface area contributed by atoms with Gasteiger partial charge in [-0.1, -0.05) is 25.1 Å². The number of nitrogens with zero attached hydrogens (tertiary/aromatic N) is 6. The van der Waals surface area contributed by atoms with Crippen LogP contribution in [-0.2, 0) is 6.54 Å². The van der Waals surface area contributed by atoms with E-state index in [1.165, 1.54) is 11.1 Å². The van der Waals surface area contributed by atoms with E-state index in [0.29, 0.717) is 29.6 Å². The third-order valence-corrected chi connectivity index (χ3v) is 4.28. The number of carbonyl (C=O) groups is 1. The Hall–Kier alpha value is -3.75. The maximum absolute atomic E-state index is 13.1. The molecule has 148 valence electrons. The third kappa shape index (κ3) is 3.93. The number of furan rings is 1. The van der Waals surface area contributed by atoms with Crippen molar-refractivity contribution < 1.29 is 13.6 Å². The molecule has 29 heavy (non-hydrogen) atoms. The van der Waals surface area contributed by atoms with Crippen LogP contribution in [0.4, 0.5) is 0 Å². The van der Waals surface area contributed by atoms with Crippen LogP contribution in [0.25, 0.3) is 17.3 Å². The molecule has 0 atom stereocenters. The maximum atomic E-state index is 13.1. The molecule has 0 radical (unpaired) electrons. The van der Waals surface area contributed by atoms with E-state index < -0.39 is 0 Å². The molecule has 0 saturated carbocycles. The predicted molar refractivity (Wildman–Crippen MR) is 103 cm³/mol. The second kappa shape index (κ2) is 8.09. The molecule has 0 aliphatic rings. The summed E-state index contributed by atoms with van der Waals surface area (Å²) >= 11 is 0. The van der Waals surface area contributed by atoms with Crippen molar-refractivity contribution in [2.24, 2.45) is 0 Å². The van der Waals surface area contributed by atoms with E-state index in [2.05, 4.69) is 20.4 Å². The zero-order chi connectivity index (χ0) is 20.2. The van der Waals surface area contributed by atoms with E-state index in [0.717, 1.165) is 12.1 Å². The van der Waals surface area contributed by atoms with Crippen LogP contribution >= 0.6 is 0 Å². The fourth-order valence-electron chi connectivity index (χ4n) is 2.91. The lowest BCUT2D eigenvalue weighted by Gasteiger charge is -2.19. The summed E-state index contributed by atoms with van der Waals surface area (Å²) < 4.78 is 10.9. The van der Waals surface area contributed by atoms with Gasteiger partial charge in [-0.25, -0.2) is 0 Å². The largest absolute Gasteiger partial charge is 0.459 e. The highest BCUT2D eigenvalue weighted by Crippen LogP contribution is 2.19. The van der Waals surface area contributed by atoms with Gasteiger partial charge in [0, 0.05) is 6.54 Å². The number of hydrogen-bond acceptors (Lipinski definition) is 7. The summed E-state index contributed by atoms with van der Waals surface area (Å²) in [6.07, 6.45) is 2.31. The van der Waals surface area contributed by atoms with Crippen molar-refractivity contribution in [2.45, 2.75) is 26.8 Å². The fraction of sp³-hybridized carbons (Fsp3) is 0.250. The van der Waals surface area contributed by atoms with Crippen molar-refractivity contribution in [1.82, 2.24) is 30.1 Å². The van der Waals surface area contributed by atoms with Gasteiger partial charge in [0.25, 0.3) is 11.8 Å². The van der Waals surface area contributed by atoms with Crippen LogP contribution in [0, 0.1) is 6.92 Å². The maximum Gasteiger partial charge on any atom is 0.283 e. The minimum absolute atomic E-state index is 0.179. The molecule has 3 aromatic heterocycles. The van der Waals surface area contributed by atoms with Crippen LogP contribution < -0.4 is 0 Å². The Kier molecular flexibility index (Phi) is 5.19. The first-order chi connectivity index (χ1) is 14.2. The molecule has 0 fully saturated rings. The first kappa shape index (κ1) is 18.6. The fourth-order valence-corrected chi connectivity index (χ4v) is 2.91. The Balaban J connectivity index is 1.56. The van der Waals surface area contributed by atoms with Crippen LogP contribution in [0.1, 0.15) is 35.4 Å². The zero-order valence-corrected chi connectivity index (χ0v) is 16.1. The molecule has 1 amide bonds. The molecule has 0 saturated heterocycles. The first-order valence-corrected chi connectivity index (χ1v) is 9.30. The van der Waals surface area contributed by atoms with Crippen LogP contribution in [0.15, 0.2) is 57.6 Å². The SMILES string of the molecule is CCCN(Cc1nnc(-c2ccco2)o1)C(=O)c1nn(-c2ccccc2)nc1C. The van der Waals surface area contributed by atoms with Gasteiger partial charge in [-0.2, -0.15) is 9.90 Å². The molecule has 0 bridgehead atoms. The van der Waals surface area contributed by atoms with Gasteiger partial charge in [0.1, 0.15) is 0 Å². The van der Waals surface area contributed by atoms with Crippen molar-refractivity contribution in [3.05, 3.63) is 66.0 Å². The highest BCUT2D eigenvalue weighted by atomic mass is 16.4. The monoisotopic (exact) mass is 392 g/mol. The molecular weight excluding hydrogens is 372 g/mol. The summed E-state index contributed by atoms with van der Waals surface area (Å²) in [7, 11) is 0. The molecule has 9 heteroatoms. The molecule has 4 aromatic rings. The lowest BCUT2D eigenvalue weighted by molar-refractivity contribution is 0.0721. The summed E-state index contributed by atoms with van der Waals surface area (Å²) in [4.78, 5) is 16.2. The molecular formula is C20H20N6O3. The van der Waals surface area contributed by atoms with Gasteiger partial charge >= 0.3 is 0 Å². The summed E-state index contributed by atoms with van der Waals surface area (Å²) in [5.74, 6) is 0.856. The van der Waals surface area contributed by atoms with Crippen LogP contribution in [0.5, 0.6) is 0 Å². The van der Waals surface area contributed by atoms with Crippen LogP contribution in [0.3, 0.4) is 0 Å². The molecule has 0 spiro atoms. The van der Waals surface area contributed by atoms with Crippen molar-refractivity contribution in [1.29, 1.82) is 0 Å². The summed E-state index contributed by atoms with van der Waals surface area (Å²) in [5, 5.41) is 16.8. The van der Waals surface area contributed by atoms with E-state index in [-0.39, 0.29) is 18.3 Å². The van der Waals surface area contributed by atoms with Gasteiger partial charge in [0.2, 0.25) is 5.89 Å². The lowest BCUT2D eigenvalue weighted by Crippen LogP contribution is -2.32. The number of benzene rings is 1. The number of rotatable bonds is 7. The zero-order valence-electron chi connectivity index (χ0n) is 16.1. The standard InChI is InChI=1S/C20H20N6O3/c1-3-11-25(13-17-21-22-19(29-17)16-10-7-12-28-16)20(27)18-14(2)23-26(24-18)15-8-5-4-6-9-15/h4-10,12H,3,11,13H2,1-2H3. The van der Waals surface area contributed by atoms with E-state index in [1.54, 1.807) is 24.0 Å². The minimum Gasteiger partial charge on any atom is -0.459 e. The first-order valence-electron chi connectivity index (χ1n) is 9.30. The smallest absolute Gasteiger partial charge is 0.283 e. The second-order valence-corrected chi connectivity index (χ2v) is 6.46. The average Bonchev–Trinajstić information content (AvgIpc) is 3.48. The molecule has 0 aliphatic heterocycles. The highest BCUT2D eigenvalue weighted by molar-refractivity contribution is 5.93. The van der Waals surface area contributed by atoms with Crippen molar-refractivity contribution in [2.75, 3.05) is 6.54 Å². The Bertz CT molecular complexity index is 1080. The Morgan fingerprint density at radius 3 is 2.66 bits per heavy atom. The Morgan fingerprint density at radius 2 is 1.93 bits per heavy atom. The molecule has 1 aromatic carbocycles. The average molecular weight is 392 g/mol. The molecule has 4 rings (SSSR count). The normalized spacial score (nSPS) is 11.0. The van der Waals surface area contributed by atoms with Gasteiger partial charge in [-0.15, -0.1) is 15.3 Å². The highest BCUT2D eigenvalue weighted by Gasteiger charge is 2.24. The quantitative estimate of drug-likeness (QED) is 0.475. The summed E-state index contributed by atoms with van der Waals surface area (Å²) in [6.45, 7) is 4.47. The molecule has 0 N–H and O–H groups in total. The third-order valence-electron chi connectivity index (χ3n) is 4.28. The van der Waals surface area contributed by atoms with E-state index in [4.69, 9.17) is 8.83 Å². The topological polar surface area (TPSA) is 103 Å². The van der Waals surface area contributed by atoms with Crippen LogP contribution in [-0.4, -0.2) is 42.5 Å². The van der Waals surface area contributed by atoms with E-state index in [9.17, 15) is 4.79 Å². The van der Waals surface area contributed by atoms with Gasteiger partial charge in [0.05, 0.1) is 24.2 Å². The Labute approximate surface area is 167 Å². The molecule has 3 heterocycles. The number of aryl methyl sites for hydroxylation is 1. The second-order valence-electron chi connectivity index (χ2n) is 6.46. The number of carbonyl (C=O) groups excluding carboxylic acids is 1. The number of aromatic nitrogens is 5.